The monoisotopic (exact) mass is 245 g/mol. The third-order valence-corrected chi connectivity index (χ3v) is 4.61. The van der Waals surface area contributed by atoms with Crippen molar-refractivity contribution in [2.45, 2.75) is 25.8 Å². The Morgan fingerprint density at radius 3 is 2.69 bits per heavy atom. The Kier molecular flexibility index (Phi) is 4.71. The quantitative estimate of drug-likeness (QED) is 0.715. The molecule has 1 heterocycles. The number of sulfonamides is 1. The molecule has 16 heavy (non-hydrogen) atoms. The lowest BCUT2D eigenvalue weighted by Crippen LogP contribution is -2.44. The smallest absolute Gasteiger partial charge is 0.227 e. The summed E-state index contributed by atoms with van der Waals surface area (Å²) in [5.74, 6) is -0.410. The van der Waals surface area contributed by atoms with Gasteiger partial charge in [-0.1, -0.05) is 6.92 Å². The average molecular weight is 245 g/mol. The molecule has 1 aliphatic rings. The van der Waals surface area contributed by atoms with Crippen LogP contribution < -0.4 is 0 Å². The van der Waals surface area contributed by atoms with Crippen LogP contribution in [0, 0.1) is 11.3 Å². The molecule has 0 aromatic rings. The molecule has 0 aromatic heterocycles. The van der Waals surface area contributed by atoms with E-state index in [1.54, 1.807) is 6.07 Å². The third kappa shape index (κ3) is 3.17. The van der Waals surface area contributed by atoms with Gasteiger partial charge in [-0.2, -0.15) is 9.57 Å². The van der Waals surface area contributed by atoms with Crippen LogP contribution in [-0.4, -0.2) is 56.1 Å². The van der Waals surface area contributed by atoms with E-state index >= 15 is 0 Å². The molecular weight excluding hydrogens is 226 g/mol. The van der Waals surface area contributed by atoms with Gasteiger partial charge in [0.1, 0.15) is 0 Å². The fraction of sp³-hybridized carbons (Fsp3) is 0.900. The largest absolute Gasteiger partial charge is 0.305 e. The Labute approximate surface area is 97.7 Å². The zero-order valence-corrected chi connectivity index (χ0v) is 10.7. The van der Waals surface area contributed by atoms with Gasteiger partial charge in [0.2, 0.25) is 10.0 Å². The number of hydrogen-bond donors (Lipinski definition) is 0. The van der Waals surface area contributed by atoms with Crippen molar-refractivity contribution in [3.8, 4) is 6.07 Å². The number of nitrogens with zero attached hydrogens (tertiary/aromatic N) is 3. The molecule has 0 saturated carbocycles. The van der Waals surface area contributed by atoms with Crippen LogP contribution in [0.15, 0.2) is 0 Å². The Morgan fingerprint density at radius 2 is 2.12 bits per heavy atom. The zero-order chi connectivity index (χ0) is 12.2. The predicted octanol–water partition coefficient (Wildman–Crippen LogP) is 0.256. The van der Waals surface area contributed by atoms with Crippen molar-refractivity contribution in [3.63, 3.8) is 0 Å². The average Bonchev–Trinajstić information content (AvgIpc) is 2.39. The van der Waals surface area contributed by atoms with Crippen molar-refractivity contribution in [3.05, 3.63) is 0 Å². The van der Waals surface area contributed by atoms with Crippen LogP contribution in [0.3, 0.4) is 0 Å². The van der Waals surface area contributed by atoms with E-state index in [-0.39, 0.29) is 6.04 Å². The lowest BCUT2D eigenvalue weighted by atomic mass is 10.2. The summed E-state index contributed by atoms with van der Waals surface area (Å²) in [6, 6.07) is 1.74. The molecule has 0 radical (unpaired) electrons. The fourth-order valence-corrected chi connectivity index (χ4v) is 3.49. The van der Waals surface area contributed by atoms with Gasteiger partial charge in [-0.05, 0) is 26.4 Å². The van der Waals surface area contributed by atoms with E-state index < -0.39 is 15.8 Å². The summed E-state index contributed by atoms with van der Waals surface area (Å²) < 4.78 is 25.3. The summed E-state index contributed by atoms with van der Waals surface area (Å²) in [6.45, 7) is 4.18. The summed E-state index contributed by atoms with van der Waals surface area (Å²) in [5, 5.41) is 8.55. The maximum absolute atomic E-state index is 11.9. The molecular formula is C10H19N3O2S. The van der Waals surface area contributed by atoms with Crippen molar-refractivity contribution >= 4 is 10.0 Å². The normalized spacial score (nSPS) is 24.9. The molecule has 92 valence electrons. The second-order valence-electron chi connectivity index (χ2n) is 4.20. The SMILES string of the molecule is CCC1CN(C)CCCN1S(=O)(=O)CC#N. The van der Waals surface area contributed by atoms with Gasteiger partial charge in [-0.25, -0.2) is 8.42 Å². The van der Waals surface area contributed by atoms with Crippen LogP contribution in [-0.2, 0) is 10.0 Å². The number of nitriles is 1. The molecule has 1 unspecified atom stereocenters. The minimum absolute atomic E-state index is 0.00542. The Hall–Kier alpha value is -0.640. The highest BCUT2D eigenvalue weighted by atomic mass is 32.2. The molecule has 0 N–H and O–H groups in total. The minimum atomic E-state index is -3.40. The molecule has 0 aliphatic carbocycles. The van der Waals surface area contributed by atoms with Crippen molar-refractivity contribution in [1.29, 1.82) is 5.26 Å². The van der Waals surface area contributed by atoms with Gasteiger partial charge in [0.25, 0.3) is 0 Å². The maximum Gasteiger partial charge on any atom is 0.227 e. The number of rotatable bonds is 3. The summed E-state index contributed by atoms with van der Waals surface area (Å²) in [6.07, 6.45) is 1.62. The fourth-order valence-electron chi connectivity index (χ4n) is 2.08. The van der Waals surface area contributed by atoms with Crippen molar-refractivity contribution in [2.24, 2.45) is 0 Å². The Bertz CT molecular complexity index is 361. The maximum atomic E-state index is 11.9. The van der Waals surface area contributed by atoms with Crippen LogP contribution in [0.1, 0.15) is 19.8 Å². The summed E-state index contributed by atoms with van der Waals surface area (Å²) in [4.78, 5) is 2.15. The number of hydrogen-bond acceptors (Lipinski definition) is 4. The second kappa shape index (κ2) is 5.62. The first-order valence-corrected chi connectivity index (χ1v) is 7.17. The van der Waals surface area contributed by atoms with E-state index in [2.05, 4.69) is 4.90 Å². The first-order valence-electron chi connectivity index (χ1n) is 5.56. The topological polar surface area (TPSA) is 64.4 Å². The second-order valence-corrected chi connectivity index (χ2v) is 6.12. The van der Waals surface area contributed by atoms with Crippen LogP contribution in [0.5, 0.6) is 0 Å². The van der Waals surface area contributed by atoms with Gasteiger partial charge in [0.15, 0.2) is 5.75 Å². The lowest BCUT2D eigenvalue weighted by Gasteiger charge is -2.28. The zero-order valence-electron chi connectivity index (χ0n) is 9.89. The molecule has 1 aliphatic heterocycles. The molecule has 0 spiro atoms. The van der Waals surface area contributed by atoms with Crippen molar-refractivity contribution < 1.29 is 8.42 Å². The summed E-state index contributed by atoms with van der Waals surface area (Å²) in [7, 11) is -1.39. The minimum Gasteiger partial charge on any atom is -0.305 e. The Balaban J connectivity index is 2.88. The molecule has 1 fully saturated rings. The molecule has 5 nitrogen and oxygen atoms in total. The molecule has 1 rings (SSSR count). The van der Waals surface area contributed by atoms with Gasteiger partial charge in [-0.15, -0.1) is 0 Å². The van der Waals surface area contributed by atoms with Gasteiger partial charge in [-0.3, -0.25) is 0 Å². The predicted molar refractivity (Wildman–Crippen MR) is 62.3 cm³/mol. The molecule has 0 aromatic carbocycles. The van der Waals surface area contributed by atoms with Crippen LogP contribution in [0.25, 0.3) is 0 Å². The number of likely N-dealkylation sites (N-methyl/N-ethyl adjacent to an activating group) is 1. The molecule has 0 bridgehead atoms. The first-order chi connectivity index (χ1) is 7.51. The molecule has 1 atom stereocenters. The van der Waals surface area contributed by atoms with Crippen LogP contribution >= 0.6 is 0 Å². The Morgan fingerprint density at radius 1 is 1.44 bits per heavy atom. The third-order valence-electron chi connectivity index (χ3n) is 2.92. The van der Waals surface area contributed by atoms with E-state index in [0.29, 0.717) is 6.54 Å². The lowest BCUT2D eigenvalue weighted by molar-refractivity contribution is 0.271. The first kappa shape index (κ1) is 13.4. The van der Waals surface area contributed by atoms with E-state index in [1.807, 2.05) is 14.0 Å². The van der Waals surface area contributed by atoms with Crippen LogP contribution in [0.4, 0.5) is 0 Å². The summed E-state index contributed by atoms with van der Waals surface area (Å²) >= 11 is 0. The highest BCUT2D eigenvalue weighted by Gasteiger charge is 2.31. The highest BCUT2D eigenvalue weighted by Crippen LogP contribution is 2.16. The van der Waals surface area contributed by atoms with E-state index in [0.717, 1.165) is 25.9 Å². The van der Waals surface area contributed by atoms with Crippen molar-refractivity contribution in [2.75, 3.05) is 32.4 Å². The van der Waals surface area contributed by atoms with Crippen LogP contribution in [0.2, 0.25) is 0 Å². The molecule has 1 saturated heterocycles. The molecule has 6 heteroatoms. The van der Waals surface area contributed by atoms with Gasteiger partial charge >= 0.3 is 0 Å². The standard InChI is InChI=1S/C10H19N3O2S/c1-3-10-9-12(2)6-4-7-13(10)16(14,15)8-5-11/h10H,3-4,6-9H2,1-2H3. The summed E-state index contributed by atoms with van der Waals surface area (Å²) in [5.41, 5.74) is 0. The van der Waals surface area contributed by atoms with Gasteiger partial charge in [0, 0.05) is 19.1 Å². The van der Waals surface area contributed by atoms with Gasteiger partial charge in [0.05, 0.1) is 6.07 Å². The molecule has 0 amide bonds. The van der Waals surface area contributed by atoms with E-state index in [4.69, 9.17) is 5.26 Å². The van der Waals surface area contributed by atoms with E-state index in [1.165, 1.54) is 4.31 Å². The highest BCUT2D eigenvalue weighted by molar-refractivity contribution is 7.89. The van der Waals surface area contributed by atoms with Gasteiger partial charge < -0.3 is 4.90 Å². The van der Waals surface area contributed by atoms with Crippen molar-refractivity contribution in [1.82, 2.24) is 9.21 Å². The van der Waals surface area contributed by atoms with E-state index in [9.17, 15) is 8.42 Å².